The monoisotopic (exact) mass is 420 g/mol. The van der Waals surface area contributed by atoms with Crippen LogP contribution >= 0.6 is 11.8 Å². The second kappa shape index (κ2) is 10.1. The van der Waals surface area contributed by atoms with E-state index in [4.69, 9.17) is 13.9 Å². The fraction of sp³-hybridized carbons (Fsp3) is 0.474. The molecule has 1 aromatic carbocycles. The number of aromatic nitrogens is 2. The van der Waals surface area contributed by atoms with E-state index in [0.717, 1.165) is 37.4 Å². The van der Waals surface area contributed by atoms with E-state index in [0.29, 0.717) is 23.0 Å². The molecule has 1 heterocycles. The summed E-state index contributed by atoms with van der Waals surface area (Å²) in [5.74, 6) is 0.999. The first-order valence-corrected chi connectivity index (χ1v) is 10.4. The summed E-state index contributed by atoms with van der Waals surface area (Å²) in [6.45, 7) is 0. The average Bonchev–Trinajstić information content (AvgIpc) is 3.21. The van der Waals surface area contributed by atoms with Gasteiger partial charge < -0.3 is 19.2 Å². The molecule has 1 saturated carbocycles. The smallest absolute Gasteiger partial charge is 0.321 e. The van der Waals surface area contributed by atoms with Gasteiger partial charge in [-0.2, -0.15) is 0 Å². The highest BCUT2D eigenvalue weighted by molar-refractivity contribution is 7.99. The molecule has 1 fully saturated rings. The molecule has 0 atom stereocenters. The predicted molar refractivity (Wildman–Crippen MR) is 107 cm³/mol. The summed E-state index contributed by atoms with van der Waals surface area (Å²) in [7, 11) is 3.10. The van der Waals surface area contributed by atoms with Crippen molar-refractivity contribution in [2.24, 2.45) is 0 Å². The molecule has 1 aromatic heterocycles. The van der Waals surface area contributed by atoms with Crippen LogP contribution in [0, 0.1) is 0 Å². The fourth-order valence-electron chi connectivity index (χ4n) is 3.11. The Kier molecular flexibility index (Phi) is 7.34. The summed E-state index contributed by atoms with van der Waals surface area (Å²) >= 11 is 1.06. The molecular formula is C19H24N4O5S. The van der Waals surface area contributed by atoms with Crippen molar-refractivity contribution in [3.8, 4) is 23.0 Å². The van der Waals surface area contributed by atoms with Gasteiger partial charge in [0.25, 0.3) is 5.22 Å². The van der Waals surface area contributed by atoms with Gasteiger partial charge >= 0.3 is 6.03 Å². The van der Waals surface area contributed by atoms with Gasteiger partial charge in [0.2, 0.25) is 11.8 Å². The van der Waals surface area contributed by atoms with Crippen molar-refractivity contribution >= 4 is 23.7 Å². The Morgan fingerprint density at radius 3 is 2.62 bits per heavy atom. The molecule has 1 aliphatic carbocycles. The van der Waals surface area contributed by atoms with E-state index in [9.17, 15) is 9.59 Å². The van der Waals surface area contributed by atoms with Gasteiger partial charge in [0, 0.05) is 11.6 Å². The van der Waals surface area contributed by atoms with Crippen molar-refractivity contribution < 1.29 is 23.5 Å². The maximum absolute atomic E-state index is 12.0. The highest BCUT2D eigenvalue weighted by Gasteiger charge is 2.18. The van der Waals surface area contributed by atoms with Crippen molar-refractivity contribution in [1.29, 1.82) is 0 Å². The molecule has 3 amide bonds. The van der Waals surface area contributed by atoms with E-state index in [1.807, 2.05) is 0 Å². The van der Waals surface area contributed by atoms with Gasteiger partial charge in [0.1, 0.15) is 0 Å². The summed E-state index contributed by atoms with van der Waals surface area (Å²) in [5.41, 5.74) is 0.665. The maximum atomic E-state index is 12.0. The summed E-state index contributed by atoms with van der Waals surface area (Å²) in [6.07, 6.45) is 5.32. The standard InChI is InChI=1S/C19H24N4O5S/c1-26-14-9-8-12(10-15(14)27-2)17-22-23-19(28-17)29-11-16(24)21-18(25)20-13-6-4-3-5-7-13/h8-10,13H,3-7,11H2,1-2H3,(H2,20,21,24,25). The van der Waals surface area contributed by atoms with Gasteiger partial charge in [-0.3, -0.25) is 10.1 Å². The zero-order valence-corrected chi connectivity index (χ0v) is 17.2. The van der Waals surface area contributed by atoms with Crippen LogP contribution in [-0.2, 0) is 4.79 Å². The second-order valence-electron chi connectivity index (χ2n) is 6.59. The molecule has 1 aliphatic rings. The lowest BCUT2D eigenvalue weighted by molar-refractivity contribution is -0.117. The molecule has 0 spiro atoms. The number of thioether (sulfide) groups is 1. The molecule has 0 aliphatic heterocycles. The Balaban J connectivity index is 1.50. The zero-order chi connectivity index (χ0) is 20.6. The average molecular weight is 420 g/mol. The normalized spacial score (nSPS) is 14.3. The SMILES string of the molecule is COc1ccc(-c2nnc(SCC(=O)NC(=O)NC3CCCCC3)o2)cc1OC. The number of hydrogen-bond donors (Lipinski definition) is 2. The van der Waals surface area contributed by atoms with Crippen LogP contribution < -0.4 is 20.1 Å². The molecule has 0 unspecified atom stereocenters. The van der Waals surface area contributed by atoms with Crippen LogP contribution in [0.5, 0.6) is 11.5 Å². The number of ether oxygens (including phenoxy) is 2. The molecule has 10 heteroatoms. The predicted octanol–water partition coefficient (Wildman–Crippen LogP) is 3.00. The van der Waals surface area contributed by atoms with Crippen LogP contribution in [0.3, 0.4) is 0 Å². The van der Waals surface area contributed by atoms with E-state index in [-0.39, 0.29) is 17.0 Å². The van der Waals surface area contributed by atoms with E-state index in [1.54, 1.807) is 32.4 Å². The van der Waals surface area contributed by atoms with Gasteiger partial charge in [0.05, 0.1) is 20.0 Å². The number of carbonyl (C=O) groups is 2. The molecule has 9 nitrogen and oxygen atoms in total. The molecule has 156 valence electrons. The van der Waals surface area contributed by atoms with Gasteiger partial charge in [-0.15, -0.1) is 10.2 Å². The lowest BCUT2D eigenvalue weighted by Crippen LogP contribution is -2.45. The lowest BCUT2D eigenvalue weighted by Gasteiger charge is -2.22. The Bertz CT molecular complexity index is 851. The van der Waals surface area contributed by atoms with Crippen molar-refractivity contribution in [3.63, 3.8) is 0 Å². The van der Waals surface area contributed by atoms with E-state index in [2.05, 4.69) is 20.8 Å². The number of carbonyl (C=O) groups excluding carboxylic acids is 2. The minimum Gasteiger partial charge on any atom is -0.493 e. The molecule has 0 radical (unpaired) electrons. The van der Waals surface area contributed by atoms with Crippen molar-refractivity contribution in [3.05, 3.63) is 18.2 Å². The minimum absolute atomic E-state index is 0.00828. The summed E-state index contributed by atoms with van der Waals surface area (Å²) < 4.78 is 16.1. The first kappa shape index (κ1) is 21.0. The fourth-order valence-corrected chi connectivity index (χ4v) is 3.68. The first-order valence-electron chi connectivity index (χ1n) is 9.38. The molecule has 0 saturated heterocycles. The Morgan fingerprint density at radius 1 is 1.14 bits per heavy atom. The van der Waals surface area contributed by atoms with Crippen molar-refractivity contribution in [1.82, 2.24) is 20.8 Å². The van der Waals surface area contributed by atoms with Gasteiger partial charge in [-0.25, -0.2) is 4.79 Å². The van der Waals surface area contributed by atoms with Crippen LogP contribution in [0.1, 0.15) is 32.1 Å². The van der Waals surface area contributed by atoms with Crippen LogP contribution in [0.2, 0.25) is 0 Å². The quantitative estimate of drug-likeness (QED) is 0.657. The number of amides is 3. The van der Waals surface area contributed by atoms with Crippen molar-refractivity contribution in [2.45, 2.75) is 43.4 Å². The third kappa shape index (κ3) is 5.86. The summed E-state index contributed by atoms with van der Waals surface area (Å²) in [5, 5.41) is 13.3. The topological polar surface area (TPSA) is 116 Å². The highest BCUT2D eigenvalue weighted by Crippen LogP contribution is 2.32. The van der Waals surface area contributed by atoms with E-state index < -0.39 is 11.9 Å². The Morgan fingerprint density at radius 2 is 1.90 bits per heavy atom. The molecule has 0 bridgehead atoms. The number of imide groups is 1. The Hall–Kier alpha value is -2.75. The second-order valence-corrected chi connectivity index (χ2v) is 7.51. The number of hydrogen-bond acceptors (Lipinski definition) is 8. The van der Waals surface area contributed by atoms with E-state index >= 15 is 0 Å². The highest BCUT2D eigenvalue weighted by atomic mass is 32.2. The zero-order valence-electron chi connectivity index (χ0n) is 16.4. The first-order chi connectivity index (χ1) is 14.1. The van der Waals surface area contributed by atoms with Crippen LogP contribution in [-0.4, -0.2) is 48.1 Å². The van der Waals surface area contributed by atoms with Gasteiger partial charge in [0.15, 0.2) is 11.5 Å². The Labute approximate surface area is 172 Å². The molecule has 2 N–H and O–H groups in total. The third-order valence-electron chi connectivity index (χ3n) is 4.56. The summed E-state index contributed by atoms with van der Waals surface area (Å²) in [4.78, 5) is 23.9. The van der Waals surface area contributed by atoms with Gasteiger partial charge in [-0.05, 0) is 31.0 Å². The number of methoxy groups -OCH3 is 2. The number of nitrogens with one attached hydrogen (secondary N) is 2. The molecule has 29 heavy (non-hydrogen) atoms. The number of rotatable bonds is 7. The van der Waals surface area contributed by atoms with Crippen LogP contribution in [0.4, 0.5) is 4.79 Å². The van der Waals surface area contributed by atoms with Crippen LogP contribution in [0.15, 0.2) is 27.8 Å². The van der Waals surface area contributed by atoms with E-state index in [1.165, 1.54) is 6.42 Å². The largest absolute Gasteiger partial charge is 0.493 e. The maximum Gasteiger partial charge on any atom is 0.321 e. The van der Waals surface area contributed by atoms with Crippen molar-refractivity contribution in [2.75, 3.05) is 20.0 Å². The third-order valence-corrected chi connectivity index (χ3v) is 5.38. The van der Waals surface area contributed by atoms with Gasteiger partial charge in [-0.1, -0.05) is 31.0 Å². The lowest BCUT2D eigenvalue weighted by atomic mass is 9.96. The number of benzene rings is 1. The number of nitrogens with zero attached hydrogens (tertiary/aromatic N) is 2. The minimum atomic E-state index is -0.459. The van der Waals surface area contributed by atoms with Crippen LogP contribution in [0.25, 0.3) is 11.5 Å². The molecule has 3 rings (SSSR count). The summed E-state index contributed by atoms with van der Waals surface area (Å²) in [6, 6.07) is 4.92. The number of urea groups is 1. The molecule has 2 aromatic rings. The molecular weight excluding hydrogens is 396 g/mol.